The summed E-state index contributed by atoms with van der Waals surface area (Å²) in [5.41, 5.74) is 3.84. The zero-order valence-corrected chi connectivity index (χ0v) is 13.8. The van der Waals surface area contributed by atoms with Crippen LogP contribution in [0.3, 0.4) is 0 Å². The molecule has 6 heteroatoms. The van der Waals surface area contributed by atoms with E-state index in [2.05, 4.69) is 15.3 Å². The molecule has 0 unspecified atom stereocenters. The summed E-state index contributed by atoms with van der Waals surface area (Å²) in [6.45, 7) is 0. The SMILES string of the molecule is O=Cc1ccncc1Nc1cc(-c2ccccc2)nn1-c1ccncc1. The van der Waals surface area contributed by atoms with Crippen LogP contribution >= 0.6 is 0 Å². The molecule has 0 saturated carbocycles. The van der Waals surface area contributed by atoms with Crippen LogP contribution in [-0.2, 0) is 0 Å². The number of nitrogens with one attached hydrogen (secondary N) is 1. The van der Waals surface area contributed by atoms with E-state index in [0.717, 1.165) is 29.0 Å². The molecule has 1 N–H and O–H groups in total. The number of nitrogens with zero attached hydrogens (tertiary/aromatic N) is 4. The highest BCUT2D eigenvalue weighted by Crippen LogP contribution is 2.27. The highest BCUT2D eigenvalue weighted by molar-refractivity contribution is 5.85. The second kappa shape index (κ2) is 6.98. The van der Waals surface area contributed by atoms with Crippen LogP contribution in [0, 0.1) is 0 Å². The van der Waals surface area contributed by atoms with Crippen molar-refractivity contribution in [1.29, 1.82) is 0 Å². The Hall–Kier alpha value is -3.80. The Morgan fingerprint density at radius 1 is 0.923 bits per heavy atom. The van der Waals surface area contributed by atoms with Gasteiger partial charge in [-0.3, -0.25) is 14.8 Å². The lowest BCUT2D eigenvalue weighted by atomic mass is 10.1. The van der Waals surface area contributed by atoms with Crippen molar-refractivity contribution < 1.29 is 4.79 Å². The molecule has 4 rings (SSSR count). The molecule has 26 heavy (non-hydrogen) atoms. The van der Waals surface area contributed by atoms with Crippen LogP contribution in [0.4, 0.5) is 11.5 Å². The zero-order chi connectivity index (χ0) is 17.8. The average molecular weight is 341 g/mol. The van der Waals surface area contributed by atoms with E-state index in [0.29, 0.717) is 11.3 Å². The summed E-state index contributed by atoms with van der Waals surface area (Å²) < 4.78 is 1.78. The van der Waals surface area contributed by atoms with E-state index in [4.69, 9.17) is 5.10 Å². The maximum Gasteiger partial charge on any atom is 0.152 e. The third-order valence-corrected chi connectivity index (χ3v) is 3.93. The molecule has 1 aromatic carbocycles. The van der Waals surface area contributed by atoms with Crippen molar-refractivity contribution in [3.05, 3.63) is 84.9 Å². The van der Waals surface area contributed by atoms with Crippen LogP contribution in [0.25, 0.3) is 16.9 Å². The number of hydrogen-bond acceptors (Lipinski definition) is 5. The minimum Gasteiger partial charge on any atom is -0.338 e. The largest absolute Gasteiger partial charge is 0.338 e. The van der Waals surface area contributed by atoms with Crippen molar-refractivity contribution in [2.45, 2.75) is 0 Å². The molecule has 6 nitrogen and oxygen atoms in total. The topological polar surface area (TPSA) is 72.7 Å². The highest BCUT2D eigenvalue weighted by atomic mass is 16.1. The van der Waals surface area contributed by atoms with Crippen molar-refractivity contribution in [3.8, 4) is 16.9 Å². The van der Waals surface area contributed by atoms with Gasteiger partial charge in [-0.1, -0.05) is 30.3 Å². The molecule has 0 spiro atoms. The molecule has 0 aliphatic rings. The minimum absolute atomic E-state index is 0.531. The first-order chi connectivity index (χ1) is 12.8. The summed E-state index contributed by atoms with van der Waals surface area (Å²) in [7, 11) is 0. The molecule has 0 bridgehead atoms. The fourth-order valence-corrected chi connectivity index (χ4v) is 2.65. The van der Waals surface area contributed by atoms with E-state index in [1.165, 1.54) is 0 Å². The standard InChI is InChI=1S/C20H15N5O/c26-14-16-6-9-22-13-19(16)23-20-12-18(15-4-2-1-3-5-15)24-25(20)17-7-10-21-11-8-17/h1-14,23H. The van der Waals surface area contributed by atoms with Crippen molar-refractivity contribution >= 4 is 17.8 Å². The van der Waals surface area contributed by atoms with Gasteiger partial charge in [0.2, 0.25) is 0 Å². The van der Waals surface area contributed by atoms with Gasteiger partial charge in [0.15, 0.2) is 6.29 Å². The number of aldehydes is 1. The van der Waals surface area contributed by atoms with Crippen LogP contribution in [0.1, 0.15) is 10.4 Å². The van der Waals surface area contributed by atoms with Gasteiger partial charge < -0.3 is 5.32 Å². The number of carbonyl (C=O) groups is 1. The van der Waals surface area contributed by atoms with Crippen LogP contribution in [-0.4, -0.2) is 26.0 Å². The van der Waals surface area contributed by atoms with Gasteiger partial charge in [-0.2, -0.15) is 5.10 Å². The summed E-state index contributed by atoms with van der Waals surface area (Å²) in [5, 5.41) is 7.99. The number of carbonyl (C=O) groups excluding carboxylic acids is 1. The van der Waals surface area contributed by atoms with Gasteiger partial charge in [0.05, 0.1) is 23.3 Å². The second-order valence-corrected chi connectivity index (χ2v) is 5.60. The van der Waals surface area contributed by atoms with E-state index in [-0.39, 0.29) is 0 Å². The highest BCUT2D eigenvalue weighted by Gasteiger charge is 2.13. The van der Waals surface area contributed by atoms with Gasteiger partial charge in [-0.05, 0) is 18.2 Å². The number of benzene rings is 1. The van der Waals surface area contributed by atoms with Crippen molar-refractivity contribution in [1.82, 2.24) is 19.7 Å². The van der Waals surface area contributed by atoms with Crippen LogP contribution in [0.2, 0.25) is 0 Å². The van der Waals surface area contributed by atoms with Crippen LogP contribution in [0.5, 0.6) is 0 Å². The summed E-state index contributed by atoms with van der Waals surface area (Å²) in [4.78, 5) is 19.5. The quantitative estimate of drug-likeness (QED) is 0.558. The van der Waals surface area contributed by atoms with Gasteiger partial charge in [0.1, 0.15) is 5.82 Å². The smallest absolute Gasteiger partial charge is 0.152 e. The maximum atomic E-state index is 11.3. The molecular weight excluding hydrogens is 326 g/mol. The van der Waals surface area contributed by atoms with Gasteiger partial charge in [-0.15, -0.1) is 0 Å². The first-order valence-electron chi connectivity index (χ1n) is 8.07. The first kappa shape index (κ1) is 15.7. The third kappa shape index (κ3) is 3.08. The second-order valence-electron chi connectivity index (χ2n) is 5.60. The molecular formula is C20H15N5O. The molecule has 0 fully saturated rings. The number of hydrogen-bond donors (Lipinski definition) is 1. The van der Waals surface area contributed by atoms with Gasteiger partial charge >= 0.3 is 0 Å². The molecule has 3 heterocycles. The Morgan fingerprint density at radius 3 is 2.46 bits per heavy atom. The summed E-state index contributed by atoms with van der Waals surface area (Å²) >= 11 is 0. The van der Waals surface area contributed by atoms with E-state index in [1.54, 1.807) is 35.5 Å². The third-order valence-electron chi connectivity index (χ3n) is 3.93. The summed E-state index contributed by atoms with van der Waals surface area (Å²) in [6.07, 6.45) is 7.43. The zero-order valence-electron chi connectivity index (χ0n) is 13.8. The predicted octanol–water partition coefficient (Wildman–Crippen LogP) is 3.89. The Morgan fingerprint density at radius 2 is 1.69 bits per heavy atom. The normalized spacial score (nSPS) is 10.5. The predicted molar refractivity (Wildman–Crippen MR) is 99.7 cm³/mol. The molecule has 3 aromatic heterocycles. The Labute approximate surface area is 150 Å². The van der Waals surface area contributed by atoms with E-state index < -0.39 is 0 Å². The molecule has 0 amide bonds. The maximum absolute atomic E-state index is 11.3. The summed E-state index contributed by atoms with van der Waals surface area (Å²) in [5.74, 6) is 0.728. The lowest BCUT2D eigenvalue weighted by Crippen LogP contribution is -2.04. The number of rotatable bonds is 5. The van der Waals surface area contributed by atoms with Crippen molar-refractivity contribution in [2.24, 2.45) is 0 Å². The van der Waals surface area contributed by atoms with Gasteiger partial charge in [0, 0.05) is 35.8 Å². The van der Waals surface area contributed by atoms with Crippen molar-refractivity contribution in [2.75, 3.05) is 5.32 Å². The summed E-state index contributed by atoms with van der Waals surface area (Å²) in [6, 6.07) is 17.3. The van der Waals surface area contributed by atoms with E-state index in [1.807, 2.05) is 48.5 Å². The Bertz CT molecular complexity index is 1030. The average Bonchev–Trinajstić information content (AvgIpc) is 3.13. The molecule has 0 saturated heterocycles. The van der Waals surface area contributed by atoms with Gasteiger partial charge in [0.25, 0.3) is 0 Å². The fraction of sp³-hybridized carbons (Fsp3) is 0. The number of pyridine rings is 2. The Balaban J connectivity index is 1.82. The fourth-order valence-electron chi connectivity index (χ4n) is 2.65. The Kier molecular flexibility index (Phi) is 4.22. The van der Waals surface area contributed by atoms with Gasteiger partial charge in [-0.25, -0.2) is 4.68 Å². The van der Waals surface area contributed by atoms with Crippen LogP contribution < -0.4 is 5.32 Å². The molecule has 4 aromatic rings. The lowest BCUT2D eigenvalue weighted by Gasteiger charge is -2.10. The van der Waals surface area contributed by atoms with E-state index in [9.17, 15) is 4.79 Å². The number of aromatic nitrogens is 4. The molecule has 0 radical (unpaired) electrons. The van der Waals surface area contributed by atoms with Crippen LogP contribution in [0.15, 0.2) is 79.4 Å². The van der Waals surface area contributed by atoms with Crippen molar-refractivity contribution in [3.63, 3.8) is 0 Å². The monoisotopic (exact) mass is 341 g/mol. The molecule has 0 atom stereocenters. The minimum atomic E-state index is 0.531. The first-order valence-corrected chi connectivity index (χ1v) is 8.07. The molecule has 0 aliphatic heterocycles. The molecule has 0 aliphatic carbocycles. The molecule has 126 valence electrons. The number of anilines is 2. The lowest BCUT2D eigenvalue weighted by molar-refractivity contribution is 0.112. The van der Waals surface area contributed by atoms with E-state index >= 15 is 0 Å².